The third-order valence-corrected chi connectivity index (χ3v) is 4.72. The van der Waals surface area contributed by atoms with Crippen LogP contribution in [0, 0.1) is 0 Å². The van der Waals surface area contributed by atoms with Gasteiger partial charge in [0.2, 0.25) is 10.9 Å². The van der Waals surface area contributed by atoms with Gasteiger partial charge in [-0.2, -0.15) is 18.3 Å². The van der Waals surface area contributed by atoms with Crippen LogP contribution in [0.25, 0.3) is 4.96 Å². The number of fused-ring (bicyclic) bond motifs is 1. The van der Waals surface area contributed by atoms with Gasteiger partial charge in [0.05, 0.1) is 32.1 Å². The fourth-order valence-electron chi connectivity index (χ4n) is 2.83. The first-order valence-corrected chi connectivity index (χ1v) is 8.58. The molecule has 3 heterocycles. The minimum absolute atomic E-state index is 0.118. The van der Waals surface area contributed by atoms with Gasteiger partial charge < -0.3 is 9.64 Å². The number of nitrogens with zero attached hydrogens (tertiary/aromatic N) is 5. The summed E-state index contributed by atoms with van der Waals surface area (Å²) in [6, 6.07) is 0. The van der Waals surface area contributed by atoms with E-state index in [1.54, 1.807) is 0 Å². The highest BCUT2D eigenvalue weighted by molar-refractivity contribution is 7.16. The number of halogens is 3. The number of methoxy groups -OCH3 is 1. The lowest BCUT2D eigenvalue weighted by Crippen LogP contribution is -2.29. The van der Waals surface area contributed by atoms with Crippen LogP contribution in [0.15, 0.2) is 0 Å². The van der Waals surface area contributed by atoms with Crippen LogP contribution in [0.5, 0.6) is 0 Å². The summed E-state index contributed by atoms with van der Waals surface area (Å²) < 4.78 is 46.2. The highest BCUT2D eigenvalue weighted by Gasteiger charge is 2.40. The van der Waals surface area contributed by atoms with E-state index >= 15 is 0 Å². The lowest BCUT2D eigenvalue weighted by molar-refractivity contribution is -0.142. The van der Waals surface area contributed by atoms with Gasteiger partial charge in [0.1, 0.15) is 5.01 Å². The second kappa shape index (κ2) is 6.89. The van der Waals surface area contributed by atoms with Crippen molar-refractivity contribution in [3.63, 3.8) is 0 Å². The van der Waals surface area contributed by atoms with E-state index in [1.165, 1.54) is 16.5 Å². The Labute approximate surface area is 146 Å². The third kappa shape index (κ3) is 3.62. The third-order valence-electron chi connectivity index (χ3n) is 3.84. The van der Waals surface area contributed by atoms with Gasteiger partial charge in [0.25, 0.3) is 0 Å². The first-order valence-electron chi connectivity index (χ1n) is 7.77. The number of carbonyl (C=O) groups excluding carboxylic acids is 1. The van der Waals surface area contributed by atoms with E-state index in [0.717, 1.165) is 24.3 Å². The molecule has 3 rings (SSSR count). The Morgan fingerprint density at radius 1 is 1.36 bits per heavy atom. The summed E-state index contributed by atoms with van der Waals surface area (Å²) >= 11 is 1.04. The number of alkyl halides is 3. The lowest BCUT2D eigenvalue weighted by atomic mass is 10.3. The summed E-state index contributed by atoms with van der Waals surface area (Å²) in [6.07, 6.45) is -3.73. The molecule has 0 radical (unpaired) electrons. The molecule has 2 aromatic heterocycles. The highest BCUT2D eigenvalue weighted by atomic mass is 32.1. The summed E-state index contributed by atoms with van der Waals surface area (Å²) in [6.45, 7) is 3.27. The molecule has 0 aliphatic carbocycles. The molecule has 138 valence electrons. The molecule has 1 saturated heterocycles. The van der Waals surface area contributed by atoms with E-state index in [-0.39, 0.29) is 36.3 Å². The smallest absolute Gasteiger partial charge is 0.377 e. The molecule has 1 aliphatic heterocycles. The van der Waals surface area contributed by atoms with Crippen LogP contribution in [-0.2, 0) is 28.9 Å². The molecular weight excluding hydrogens is 359 g/mol. The van der Waals surface area contributed by atoms with Gasteiger partial charge in [-0.15, -0.1) is 0 Å². The molecule has 0 aromatic carbocycles. The minimum Gasteiger partial charge on any atom is -0.377 e. The first-order chi connectivity index (χ1) is 11.8. The van der Waals surface area contributed by atoms with Gasteiger partial charge in [0.15, 0.2) is 5.69 Å². The Morgan fingerprint density at radius 2 is 2.12 bits per heavy atom. The van der Waals surface area contributed by atoms with Gasteiger partial charge in [-0.05, 0) is 6.42 Å². The van der Waals surface area contributed by atoms with Gasteiger partial charge in [-0.3, -0.25) is 9.69 Å². The van der Waals surface area contributed by atoms with Crippen molar-refractivity contribution in [1.29, 1.82) is 0 Å². The molecule has 1 aliphatic rings. The Kier molecular flexibility index (Phi) is 4.98. The number of amides is 1. The number of hydrogen-bond donors (Lipinski definition) is 0. The monoisotopic (exact) mass is 377 g/mol. The Morgan fingerprint density at radius 3 is 2.76 bits per heavy atom. The number of carbonyl (C=O) groups is 1. The summed E-state index contributed by atoms with van der Waals surface area (Å²) in [4.78, 5) is 19.3. The summed E-state index contributed by atoms with van der Waals surface area (Å²) in [5, 5.41) is 4.68. The average molecular weight is 377 g/mol. The van der Waals surface area contributed by atoms with Crippen LogP contribution in [0.3, 0.4) is 0 Å². The van der Waals surface area contributed by atoms with E-state index < -0.39 is 11.9 Å². The van der Waals surface area contributed by atoms with Crippen molar-refractivity contribution in [2.45, 2.75) is 32.7 Å². The number of imidazole rings is 1. The second-order valence-corrected chi connectivity index (χ2v) is 6.85. The molecule has 0 atom stereocenters. The minimum atomic E-state index is -4.60. The highest BCUT2D eigenvalue weighted by Crippen LogP contribution is 2.34. The van der Waals surface area contributed by atoms with Crippen molar-refractivity contribution in [3.05, 3.63) is 16.4 Å². The Balaban J connectivity index is 1.94. The molecule has 25 heavy (non-hydrogen) atoms. The molecule has 1 amide bonds. The molecule has 0 spiro atoms. The van der Waals surface area contributed by atoms with E-state index in [9.17, 15) is 18.0 Å². The fourth-order valence-corrected chi connectivity index (χ4v) is 3.71. The van der Waals surface area contributed by atoms with Gasteiger partial charge in [-0.1, -0.05) is 18.3 Å². The molecular formula is C14H18F3N5O2S. The van der Waals surface area contributed by atoms with E-state index in [2.05, 4.69) is 10.1 Å². The molecule has 2 aromatic rings. The van der Waals surface area contributed by atoms with Crippen LogP contribution in [0.1, 0.15) is 29.7 Å². The molecule has 11 heteroatoms. The summed E-state index contributed by atoms with van der Waals surface area (Å²) in [5.74, 6) is -0.191. The standard InChI is InChI=1S/C14H18F3N5O2S/c1-3-4-20-6-11(23)21(8-20)5-9-12(14(15,16)17)18-13-22(9)19-10(25-13)7-24-2/h3-8H2,1-2H3. The predicted molar refractivity (Wildman–Crippen MR) is 83.9 cm³/mol. The van der Waals surface area contributed by atoms with Crippen molar-refractivity contribution in [2.24, 2.45) is 0 Å². The molecule has 0 unspecified atom stereocenters. The lowest BCUT2D eigenvalue weighted by Gasteiger charge is -2.18. The van der Waals surface area contributed by atoms with Crippen LogP contribution in [0.2, 0.25) is 0 Å². The maximum Gasteiger partial charge on any atom is 0.435 e. The van der Waals surface area contributed by atoms with E-state index in [4.69, 9.17) is 4.74 Å². The number of rotatable bonds is 6. The SMILES string of the molecule is CCCN1CC(=O)N(Cc2c(C(F)(F)F)nc3sc(COC)nn23)C1. The topological polar surface area (TPSA) is 63.0 Å². The average Bonchev–Trinajstić information content (AvgIpc) is 3.15. The zero-order valence-corrected chi connectivity index (χ0v) is 14.7. The molecule has 0 saturated carbocycles. The zero-order chi connectivity index (χ0) is 18.2. The largest absolute Gasteiger partial charge is 0.435 e. The second-order valence-electron chi connectivity index (χ2n) is 5.81. The van der Waals surface area contributed by atoms with E-state index in [1.807, 2.05) is 11.8 Å². The number of hydrogen-bond acceptors (Lipinski definition) is 6. The molecule has 1 fully saturated rings. The van der Waals surface area contributed by atoms with Gasteiger partial charge in [0, 0.05) is 13.7 Å². The summed E-state index contributed by atoms with van der Waals surface area (Å²) in [5.41, 5.74) is -1.11. The zero-order valence-electron chi connectivity index (χ0n) is 13.8. The predicted octanol–water partition coefficient (Wildman–Crippen LogP) is 1.97. The maximum absolute atomic E-state index is 13.3. The number of ether oxygens (including phenoxy) is 1. The van der Waals surface area contributed by atoms with Crippen molar-refractivity contribution in [2.75, 3.05) is 26.9 Å². The van der Waals surface area contributed by atoms with Crippen LogP contribution in [0.4, 0.5) is 13.2 Å². The van der Waals surface area contributed by atoms with Crippen molar-refractivity contribution in [1.82, 2.24) is 24.4 Å². The van der Waals surface area contributed by atoms with Crippen LogP contribution in [-0.4, -0.2) is 57.2 Å². The fraction of sp³-hybridized carbons (Fsp3) is 0.643. The number of aromatic nitrogens is 3. The van der Waals surface area contributed by atoms with Crippen molar-refractivity contribution < 1.29 is 22.7 Å². The van der Waals surface area contributed by atoms with Gasteiger partial charge >= 0.3 is 6.18 Å². The summed E-state index contributed by atoms with van der Waals surface area (Å²) in [7, 11) is 1.48. The molecule has 0 N–H and O–H groups in total. The van der Waals surface area contributed by atoms with Crippen molar-refractivity contribution >= 4 is 22.2 Å². The Bertz CT molecular complexity index is 772. The maximum atomic E-state index is 13.3. The van der Waals surface area contributed by atoms with Crippen LogP contribution >= 0.6 is 11.3 Å². The van der Waals surface area contributed by atoms with E-state index in [0.29, 0.717) is 11.7 Å². The van der Waals surface area contributed by atoms with Crippen molar-refractivity contribution in [3.8, 4) is 0 Å². The first kappa shape index (κ1) is 18.1. The molecule has 0 bridgehead atoms. The van der Waals surface area contributed by atoms with Gasteiger partial charge in [-0.25, -0.2) is 9.50 Å². The molecule has 7 nitrogen and oxygen atoms in total. The van der Waals surface area contributed by atoms with Crippen LogP contribution < -0.4 is 0 Å². The normalized spacial score (nSPS) is 16.5. The quantitative estimate of drug-likeness (QED) is 0.770. The Hall–Kier alpha value is -1.72.